The zero-order valence-corrected chi connectivity index (χ0v) is 27.1. The molecule has 6 rings (SSSR count). The van der Waals surface area contributed by atoms with E-state index in [0.717, 1.165) is 72.1 Å². The van der Waals surface area contributed by atoms with Gasteiger partial charge in [-0.3, -0.25) is 4.90 Å². The van der Waals surface area contributed by atoms with E-state index in [4.69, 9.17) is 9.47 Å². The van der Waals surface area contributed by atoms with Crippen molar-refractivity contribution >= 4 is 12.0 Å². The number of ether oxygens (including phenoxy) is 2. The van der Waals surface area contributed by atoms with Gasteiger partial charge in [-0.1, -0.05) is 79.7 Å². The minimum atomic E-state index is -0.540. The fourth-order valence-electron chi connectivity index (χ4n) is 6.34. The first-order chi connectivity index (χ1) is 23.0. The van der Waals surface area contributed by atoms with E-state index in [9.17, 15) is 9.90 Å². The third-order valence-corrected chi connectivity index (χ3v) is 9.06. The molecule has 10 nitrogen and oxygen atoms in total. The molecule has 3 aromatic carbocycles. The summed E-state index contributed by atoms with van der Waals surface area (Å²) in [6.07, 6.45) is 2.80. The summed E-state index contributed by atoms with van der Waals surface area (Å²) in [5.74, 6) is 0.879. The summed E-state index contributed by atoms with van der Waals surface area (Å²) in [6, 6.07) is 26.1. The van der Waals surface area contributed by atoms with Crippen LogP contribution in [-0.4, -0.2) is 71.4 Å². The van der Waals surface area contributed by atoms with Gasteiger partial charge in [0.25, 0.3) is 0 Å². The van der Waals surface area contributed by atoms with E-state index in [-0.39, 0.29) is 30.8 Å². The molecule has 0 unspecified atom stereocenters. The molecule has 0 bridgehead atoms. The maximum atomic E-state index is 12.0. The fourth-order valence-corrected chi connectivity index (χ4v) is 6.34. The maximum Gasteiger partial charge on any atom is 0.315 e. The van der Waals surface area contributed by atoms with Crippen LogP contribution >= 0.6 is 0 Å². The number of hydrogen-bond donors (Lipinski definition) is 3. The number of hydrogen-bond acceptors (Lipinski definition) is 8. The number of amides is 2. The van der Waals surface area contributed by atoms with Gasteiger partial charge >= 0.3 is 6.03 Å². The molecule has 2 aliphatic heterocycles. The van der Waals surface area contributed by atoms with Gasteiger partial charge < -0.3 is 30.1 Å². The Bertz CT molecular complexity index is 1580. The van der Waals surface area contributed by atoms with E-state index in [0.29, 0.717) is 13.1 Å². The topological polar surface area (TPSA) is 112 Å². The highest BCUT2D eigenvalue weighted by atomic mass is 16.7. The number of urea groups is 1. The number of anilines is 1. The van der Waals surface area contributed by atoms with Crippen molar-refractivity contribution in [2.75, 3.05) is 44.2 Å². The van der Waals surface area contributed by atoms with Gasteiger partial charge in [0.05, 0.1) is 18.8 Å². The Morgan fingerprint density at radius 1 is 0.872 bits per heavy atom. The number of carbonyl (C=O) groups excluding carboxylic acids is 1. The molecule has 10 heteroatoms. The van der Waals surface area contributed by atoms with Gasteiger partial charge in [0.1, 0.15) is 0 Å². The standard InChI is InChI=1S/C37H44N6O4/c1-3-38-37(45)41-23-31-7-4-5-8-32(31)28-13-15-30(16-14-28)35-46-33(26(2)34(47-35)29-11-9-27(25-44)10-12-29)24-42-19-21-43(22-20-42)36-39-17-6-18-40-36/h4-18,26,33-35,44H,3,19-25H2,1-2H3,(H2,38,41,45)/t26-,33+,34+,35+/m0/s1. The van der Waals surface area contributed by atoms with Crippen molar-refractivity contribution in [3.8, 4) is 11.1 Å². The Labute approximate surface area is 276 Å². The molecular formula is C37H44N6O4. The molecule has 3 N–H and O–H groups in total. The Morgan fingerprint density at radius 3 is 2.28 bits per heavy atom. The number of carbonyl (C=O) groups is 1. The van der Waals surface area contributed by atoms with Crippen LogP contribution in [0.5, 0.6) is 0 Å². The molecule has 3 heterocycles. The molecule has 0 spiro atoms. The first kappa shape index (κ1) is 32.6. The maximum absolute atomic E-state index is 12.0. The molecule has 4 aromatic rings. The average molecular weight is 637 g/mol. The van der Waals surface area contributed by atoms with Crippen LogP contribution in [0.2, 0.25) is 0 Å². The summed E-state index contributed by atoms with van der Waals surface area (Å²) < 4.78 is 13.5. The fraction of sp³-hybridized carbons (Fsp3) is 0.378. The number of benzene rings is 3. The molecule has 2 fully saturated rings. The minimum absolute atomic E-state index is 0.00714. The largest absolute Gasteiger partial charge is 0.392 e. The second kappa shape index (κ2) is 15.5. The quantitative estimate of drug-likeness (QED) is 0.221. The van der Waals surface area contributed by atoms with Gasteiger partial charge in [0.15, 0.2) is 6.29 Å². The summed E-state index contributed by atoms with van der Waals surface area (Å²) in [6.45, 7) is 9.43. The lowest BCUT2D eigenvalue weighted by Gasteiger charge is -2.44. The highest BCUT2D eigenvalue weighted by Gasteiger charge is 2.39. The summed E-state index contributed by atoms with van der Waals surface area (Å²) in [7, 11) is 0. The molecule has 0 saturated carbocycles. The Kier molecular flexibility index (Phi) is 10.7. The Hall–Kier alpha value is -4.35. The zero-order valence-electron chi connectivity index (χ0n) is 27.1. The van der Waals surface area contributed by atoms with Crippen LogP contribution < -0.4 is 15.5 Å². The first-order valence-corrected chi connectivity index (χ1v) is 16.5. The predicted octanol–water partition coefficient (Wildman–Crippen LogP) is 5.07. The molecule has 246 valence electrons. The lowest BCUT2D eigenvalue weighted by Crippen LogP contribution is -2.51. The average Bonchev–Trinajstić information content (AvgIpc) is 3.13. The molecule has 2 saturated heterocycles. The van der Waals surface area contributed by atoms with Gasteiger partial charge in [-0.25, -0.2) is 14.8 Å². The van der Waals surface area contributed by atoms with E-state index < -0.39 is 6.29 Å². The number of aliphatic hydroxyl groups is 1. The van der Waals surface area contributed by atoms with Crippen LogP contribution in [0.25, 0.3) is 11.1 Å². The van der Waals surface area contributed by atoms with Gasteiger partial charge in [-0.15, -0.1) is 0 Å². The van der Waals surface area contributed by atoms with Crippen molar-refractivity contribution in [1.29, 1.82) is 0 Å². The molecule has 4 atom stereocenters. The van der Waals surface area contributed by atoms with Crippen molar-refractivity contribution in [1.82, 2.24) is 25.5 Å². The van der Waals surface area contributed by atoms with Crippen LogP contribution in [0, 0.1) is 5.92 Å². The predicted molar refractivity (Wildman–Crippen MR) is 181 cm³/mol. The van der Waals surface area contributed by atoms with Crippen LogP contribution in [0.15, 0.2) is 91.3 Å². The number of rotatable bonds is 10. The van der Waals surface area contributed by atoms with E-state index in [1.165, 1.54) is 0 Å². The van der Waals surface area contributed by atoms with Gasteiger partial charge in [0.2, 0.25) is 5.95 Å². The summed E-state index contributed by atoms with van der Waals surface area (Å²) in [5.41, 5.74) is 6.06. The molecule has 1 aromatic heterocycles. The van der Waals surface area contributed by atoms with Crippen molar-refractivity contribution in [3.05, 3.63) is 114 Å². The van der Waals surface area contributed by atoms with E-state index >= 15 is 0 Å². The van der Waals surface area contributed by atoms with Crippen LogP contribution in [0.4, 0.5) is 10.7 Å². The summed E-state index contributed by atoms with van der Waals surface area (Å²) in [5, 5.41) is 15.3. The van der Waals surface area contributed by atoms with Crippen molar-refractivity contribution < 1.29 is 19.4 Å². The number of aliphatic hydroxyl groups excluding tert-OH is 1. The SMILES string of the molecule is CCNC(=O)NCc1ccccc1-c1ccc([C@@H]2O[C@H](CN3CCN(c4ncccn4)CC3)[C@H](C)[C@H](c3ccc(CO)cc3)O2)cc1. The van der Waals surface area contributed by atoms with Gasteiger partial charge in [0, 0.05) is 69.7 Å². The van der Waals surface area contributed by atoms with Crippen molar-refractivity contribution in [3.63, 3.8) is 0 Å². The number of nitrogens with one attached hydrogen (secondary N) is 2. The molecule has 2 aliphatic rings. The van der Waals surface area contributed by atoms with Crippen LogP contribution in [0.3, 0.4) is 0 Å². The van der Waals surface area contributed by atoms with Crippen LogP contribution in [-0.2, 0) is 22.6 Å². The molecule has 0 radical (unpaired) electrons. The molecular weight excluding hydrogens is 592 g/mol. The van der Waals surface area contributed by atoms with Gasteiger partial charge in [-0.05, 0) is 40.8 Å². The zero-order chi connectivity index (χ0) is 32.6. The van der Waals surface area contributed by atoms with E-state index in [1.54, 1.807) is 12.4 Å². The highest BCUT2D eigenvalue weighted by Crippen LogP contribution is 2.42. The Balaban J connectivity index is 1.19. The normalized spacial score (nSPS) is 21.7. The monoisotopic (exact) mass is 636 g/mol. The third kappa shape index (κ3) is 7.97. The Morgan fingerprint density at radius 2 is 1.57 bits per heavy atom. The minimum Gasteiger partial charge on any atom is -0.392 e. The third-order valence-electron chi connectivity index (χ3n) is 9.06. The summed E-state index contributed by atoms with van der Waals surface area (Å²) in [4.78, 5) is 25.6. The summed E-state index contributed by atoms with van der Waals surface area (Å²) >= 11 is 0. The number of piperazine rings is 1. The molecule has 2 amide bonds. The van der Waals surface area contributed by atoms with Gasteiger partial charge in [-0.2, -0.15) is 0 Å². The van der Waals surface area contributed by atoms with Crippen molar-refractivity contribution in [2.45, 2.75) is 45.5 Å². The number of nitrogens with zero attached hydrogens (tertiary/aromatic N) is 4. The lowest BCUT2D eigenvalue weighted by molar-refractivity contribution is -0.276. The van der Waals surface area contributed by atoms with E-state index in [1.807, 2.05) is 43.3 Å². The second-order valence-electron chi connectivity index (χ2n) is 12.2. The smallest absolute Gasteiger partial charge is 0.315 e. The number of aromatic nitrogens is 2. The van der Waals surface area contributed by atoms with E-state index in [2.05, 4.69) is 79.8 Å². The molecule has 0 aliphatic carbocycles. The molecule has 47 heavy (non-hydrogen) atoms. The first-order valence-electron chi connectivity index (χ1n) is 16.5. The van der Waals surface area contributed by atoms with Crippen molar-refractivity contribution in [2.24, 2.45) is 5.92 Å². The lowest BCUT2D eigenvalue weighted by atomic mass is 9.89. The highest BCUT2D eigenvalue weighted by molar-refractivity contribution is 5.74. The van der Waals surface area contributed by atoms with Crippen LogP contribution in [0.1, 0.15) is 48.5 Å². The second-order valence-corrected chi connectivity index (χ2v) is 12.2.